The zero-order valence-electron chi connectivity index (χ0n) is 10.3. The molecule has 2 rings (SSSR count). The molecule has 0 radical (unpaired) electrons. The van der Waals surface area contributed by atoms with Crippen molar-refractivity contribution < 1.29 is 4.42 Å². The van der Waals surface area contributed by atoms with Gasteiger partial charge in [0.25, 0.3) is 0 Å². The van der Waals surface area contributed by atoms with Crippen LogP contribution in [0.1, 0.15) is 44.6 Å². The van der Waals surface area contributed by atoms with Crippen LogP contribution in [0.2, 0.25) is 0 Å². The first-order valence-corrected chi connectivity index (χ1v) is 6.05. The van der Waals surface area contributed by atoms with Crippen LogP contribution in [0.3, 0.4) is 0 Å². The van der Waals surface area contributed by atoms with Gasteiger partial charge in [0, 0.05) is 12.1 Å². The SMILES string of the molecule is Cc1ccc(/C=N\N2[C@H](C)CCC[C@H]2C)o1. The van der Waals surface area contributed by atoms with Crippen LogP contribution in [0.25, 0.3) is 0 Å². The minimum absolute atomic E-state index is 0.538. The van der Waals surface area contributed by atoms with Crippen molar-refractivity contribution >= 4 is 6.21 Å². The molecule has 1 aromatic rings. The van der Waals surface area contributed by atoms with E-state index in [0.29, 0.717) is 12.1 Å². The highest BCUT2D eigenvalue weighted by Crippen LogP contribution is 2.22. The van der Waals surface area contributed by atoms with Gasteiger partial charge in [-0.15, -0.1) is 0 Å². The maximum atomic E-state index is 5.47. The fourth-order valence-electron chi connectivity index (χ4n) is 2.28. The van der Waals surface area contributed by atoms with Crippen LogP contribution in [0.4, 0.5) is 0 Å². The molecule has 1 aliphatic heterocycles. The van der Waals surface area contributed by atoms with E-state index in [0.717, 1.165) is 11.5 Å². The molecule has 2 heterocycles. The lowest BCUT2D eigenvalue weighted by Gasteiger charge is -2.36. The summed E-state index contributed by atoms with van der Waals surface area (Å²) in [6, 6.07) is 5.00. The van der Waals surface area contributed by atoms with Crippen molar-refractivity contribution in [1.82, 2.24) is 5.01 Å². The number of hydrogen-bond acceptors (Lipinski definition) is 3. The lowest BCUT2D eigenvalue weighted by molar-refractivity contribution is 0.109. The third-order valence-corrected chi connectivity index (χ3v) is 3.23. The van der Waals surface area contributed by atoms with Crippen LogP contribution in [0, 0.1) is 6.92 Å². The van der Waals surface area contributed by atoms with Gasteiger partial charge in [0.2, 0.25) is 0 Å². The summed E-state index contributed by atoms with van der Waals surface area (Å²) in [4.78, 5) is 0. The van der Waals surface area contributed by atoms with E-state index in [9.17, 15) is 0 Å². The molecule has 0 bridgehead atoms. The second-order valence-corrected chi connectivity index (χ2v) is 4.70. The molecule has 0 amide bonds. The Morgan fingerprint density at radius 2 is 2.00 bits per heavy atom. The van der Waals surface area contributed by atoms with Crippen molar-refractivity contribution in [2.24, 2.45) is 5.10 Å². The van der Waals surface area contributed by atoms with Gasteiger partial charge in [-0.2, -0.15) is 5.10 Å². The molecule has 1 fully saturated rings. The van der Waals surface area contributed by atoms with Gasteiger partial charge in [0.1, 0.15) is 11.5 Å². The van der Waals surface area contributed by atoms with Crippen LogP contribution >= 0.6 is 0 Å². The largest absolute Gasteiger partial charge is 0.460 e. The van der Waals surface area contributed by atoms with Crippen molar-refractivity contribution in [2.75, 3.05) is 0 Å². The number of nitrogens with zero attached hydrogens (tertiary/aromatic N) is 2. The molecule has 0 spiro atoms. The maximum absolute atomic E-state index is 5.47. The molecule has 1 saturated heterocycles. The van der Waals surface area contributed by atoms with Crippen molar-refractivity contribution in [1.29, 1.82) is 0 Å². The molecule has 0 saturated carbocycles. The standard InChI is InChI=1S/C13H20N2O/c1-10-5-4-6-11(2)15(10)14-9-13-8-7-12(3)16-13/h7-11H,4-6H2,1-3H3/b14-9-/t10-,11-/m1/s1. The number of furan rings is 1. The number of piperidine rings is 1. The van der Waals surface area contributed by atoms with Crippen molar-refractivity contribution in [3.63, 3.8) is 0 Å². The highest BCUT2D eigenvalue weighted by atomic mass is 16.3. The Balaban J connectivity index is 2.04. The molecule has 0 N–H and O–H groups in total. The minimum Gasteiger partial charge on any atom is -0.460 e. The molecule has 2 atom stereocenters. The first kappa shape index (κ1) is 11.2. The Labute approximate surface area is 97.1 Å². The lowest BCUT2D eigenvalue weighted by Crippen LogP contribution is -2.39. The predicted octanol–water partition coefficient (Wildman–Crippen LogP) is 3.18. The average molecular weight is 220 g/mol. The Bertz CT molecular complexity index is 360. The molecular formula is C13H20N2O. The quantitative estimate of drug-likeness (QED) is 0.716. The smallest absolute Gasteiger partial charge is 0.147 e. The highest BCUT2D eigenvalue weighted by molar-refractivity contribution is 5.75. The fraction of sp³-hybridized carbons (Fsp3) is 0.615. The van der Waals surface area contributed by atoms with E-state index in [1.807, 2.05) is 25.3 Å². The molecule has 16 heavy (non-hydrogen) atoms. The number of hydrazone groups is 1. The molecule has 0 aromatic carbocycles. The van der Waals surface area contributed by atoms with Crippen LogP contribution in [0.5, 0.6) is 0 Å². The molecule has 0 aliphatic carbocycles. The predicted molar refractivity (Wildman–Crippen MR) is 65.7 cm³/mol. The van der Waals surface area contributed by atoms with E-state index < -0.39 is 0 Å². The fourth-order valence-corrected chi connectivity index (χ4v) is 2.28. The Morgan fingerprint density at radius 3 is 2.56 bits per heavy atom. The molecule has 1 aliphatic rings. The normalized spacial score (nSPS) is 26.6. The third kappa shape index (κ3) is 2.46. The summed E-state index contributed by atoms with van der Waals surface area (Å²) in [6.45, 7) is 6.42. The highest BCUT2D eigenvalue weighted by Gasteiger charge is 2.22. The molecule has 3 heteroatoms. The second-order valence-electron chi connectivity index (χ2n) is 4.70. The summed E-state index contributed by atoms with van der Waals surface area (Å²) in [5, 5.41) is 6.74. The third-order valence-electron chi connectivity index (χ3n) is 3.23. The first-order valence-electron chi connectivity index (χ1n) is 6.05. The Hall–Kier alpha value is -1.25. The lowest BCUT2D eigenvalue weighted by atomic mass is 10.00. The van der Waals surface area contributed by atoms with Gasteiger partial charge in [0.15, 0.2) is 0 Å². The van der Waals surface area contributed by atoms with Crippen molar-refractivity contribution in [2.45, 2.75) is 52.1 Å². The summed E-state index contributed by atoms with van der Waals surface area (Å²) < 4.78 is 5.47. The van der Waals surface area contributed by atoms with Crippen molar-refractivity contribution in [3.05, 3.63) is 23.7 Å². The monoisotopic (exact) mass is 220 g/mol. The first-order chi connectivity index (χ1) is 7.66. The van der Waals surface area contributed by atoms with E-state index in [2.05, 4.69) is 24.0 Å². The van der Waals surface area contributed by atoms with Gasteiger partial charge in [-0.1, -0.05) is 0 Å². The van der Waals surface area contributed by atoms with Gasteiger partial charge in [-0.3, -0.25) is 5.01 Å². The summed E-state index contributed by atoms with van der Waals surface area (Å²) >= 11 is 0. The molecule has 3 nitrogen and oxygen atoms in total. The average Bonchev–Trinajstić information content (AvgIpc) is 2.63. The summed E-state index contributed by atoms with van der Waals surface area (Å²) in [7, 11) is 0. The summed E-state index contributed by atoms with van der Waals surface area (Å²) in [6.07, 6.45) is 5.61. The van der Waals surface area contributed by atoms with E-state index in [-0.39, 0.29) is 0 Å². The summed E-state index contributed by atoms with van der Waals surface area (Å²) in [5.74, 6) is 1.77. The summed E-state index contributed by atoms with van der Waals surface area (Å²) in [5.41, 5.74) is 0. The number of rotatable bonds is 2. The Kier molecular flexibility index (Phi) is 3.32. The van der Waals surface area contributed by atoms with E-state index >= 15 is 0 Å². The molecule has 88 valence electrons. The number of aryl methyl sites for hydroxylation is 1. The zero-order valence-corrected chi connectivity index (χ0v) is 10.3. The van der Waals surface area contributed by atoms with E-state index in [1.54, 1.807) is 0 Å². The minimum atomic E-state index is 0.538. The van der Waals surface area contributed by atoms with Gasteiger partial charge >= 0.3 is 0 Å². The van der Waals surface area contributed by atoms with E-state index in [4.69, 9.17) is 4.42 Å². The van der Waals surface area contributed by atoms with Gasteiger partial charge < -0.3 is 4.42 Å². The van der Waals surface area contributed by atoms with Gasteiger partial charge in [-0.25, -0.2) is 0 Å². The molecule has 1 aromatic heterocycles. The van der Waals surface area contributed by atoms with Crippen LogP contribution in [0.15, 0.2) is 21.7 Å². The molecule has 0 unspecified atom stereocenters. The van der Waals surface area contributed by atoms with Crippen molar-refractivity contribution in [3.8, 4) is 0 Å². The maximum Gasteiger partial charge on any atom is 0.147 e. The number of hydrogen-bond donors (Lipinski definition) is 0. The second kappa shape index (κ2) is 4.73. The van der Waals surface area contributed by atoms with Gasteiger partial charge in [-0.05, 0) is 52.2 Å². The van der Waals surface area contributed by atoms with Crippen LogP contribution < -0.4 is 0 Å². The molecular weight excluding hydrogens is 200 g/mol. The van der Waals surface area contributed by atoms with E-state index in [1.165, 1.54) is 19.3 Å². The van der Waals surface area contributed by atoms with Crippen LogP contribution in [-0.4, -0.2) is 23.3 Å². The van der Waals surface area contributed by atoms with Gasteiger partial charge in [0.05, 0.1) is 6.21 Å². The topological polar surface area (TPSA) is 28.7 Å². The Morgan fingerprint density at radius 1 is 1.31 bits per heavy atom. The zero-order chi connectivity index (χ0) is 11.5. The van der Waals surface area contributed by atoms with Crippen LogP contribution in [-0.2, 0) is 0 Å².